The number of hydrogen-bond donors (Lipinski definition) is 3. The Morgan fingerprint density at radius 2 is 1.58 bits per heavy atom. The van der Waals surface area contributed by atoms with Crippen LogP contribution in [-0.2, 0) is 16.0 Å². The van der Waals surface area contributed by atoms with Crippen LogP contribution in [0.1, 0.15) is 35.2 Å². The predicted molar refractivity (Wildman–Crippen MR) is 96.0 cm³/mol. The molecule has 0 aromatic heterocycles. The predicted octanol–water partition coefficient (Wildman–Crippen LogP) is 2.56. The van der Waals surface area contributed by atoms with E-state index in [2.05, 4.69) is 5.32 Å². The van der Waals surface area contributed by atoms with Crippen LogP contribution in [0.2, 0.25) is 0 Å². The molecule has 0 fully saturated rings. The van der Waals surface area contributed by atoms with E-state index in [1.807, 2.05) is 6.07 Å². The number of benzene rings is 2. The van der Waals surface area contributed by atoms with Crippen LogP contribution in [0.5, 0.6) is 5.75 Å². The number of carbonyl (C=O) groups excluding carboxylic acids is 2. The maximum absolute atomic E-state index is 12.0. The number of amides is 1. The van der Waals surface area contributed by atoms with Crippen LogP contribution < -0.4 is 5.32 Å². The molecule has 136 valence electrons. The van der Waals surface area contributed by atoms with E-state index < -0.39 is 17.9 Å². The summed E-state index contributed by atoms with van der Waals surface area (Å²) in [5.41, 5.74) is 1.29. The van der Waals surface area contributed by atoms with Crippen molar-refractivity contribution < 1.29 is 24.6 Å². The third-order valence-electron chi connectivity index (χ3n) is 3.91. The van der Waals surface area contributed by atoms with Crippen LogP contribution in [0.4, 0.5) is 0 Å². The first-order valence-electron chi connectivity index (χ1n) is 8.34. The molecule has 0 aliphatic carbocycles. The molecule has 0 radical (unpaired) electrons. The molecule has 26 heavy (non-hydrogen) atoms. The van der Waals surface area contributed by atoms with Crippen molar-refractivity contribution in [3.05, 3.63) is 65.7 Å². The van der Waals surface area contributed by atoms with Gasteiger partial charge in [-0.1, -0.05) is 42.5 Å². The number of hydrogen-bond acceptors (Lipinski definition) is 4. The number of nitrogens with one attached hydrogen (secondary N) is 1. The fourth-order valence-electron chi connectivity index (χ4n) is 2.51. The minimum absolute atomic E-state index is 0.0442. The SMILES string of the molecule is O=C(CCCC(=O)c1ccccc1)NC(Cc1ccc(O)cc1)C(=O)O. The van der Waals surface area contributed by atoms with E-state index in [9.17, 15) is 24.6 Å². The second kappa shape index (κ2) is 9.36. The van der Waals surface area contributed by atoms with E-state index in [1.165, 1.54) is 12.1 Å². The van der Waals surface area contributed by atoms with Crippen LogP contribution >= 0.6 is 0 Å². The average molecular weight is 355 g/mol. The molecular formula is C20H21NO5. The molecule has 0 heterocycles. The van der Waals surface area contributed by atoms with Crippen molar-refractivity contribution in [3.63, 3.8) is 0 Å². The Kier molecular flexibility index (Phi) is 6.91. The monoisotopic (exact) mass is 355 g/mol. The Morgan fingerprint density at radius 3 is 2.19 bits per heavy atom. The normalized spacial score (nSPS) is 11.5. The van der Waals surface area contributed by atoms with Crippen molar-refractivity contribution in [1.82, 2.24) is 5.32 Å². The molecule has 2 rings (SSSR count). The highest BCUT2D eigenvalue weighted by molar-refractivity contribution is 5.96. The number of aliphatic carboxylic acids is 1. The molecule has 1 atom stereocenters. The van der Waals surface area contributed by atoms with Crippen LogP contribution in [0.15, 0.2) is 54.6 Å². The highest BCUT2D eigenvalue weighted by Crippen LogP contribution is 2.12. The molecule has 0 aliphatic heterocycles. The summed E-state index contributed by atoms with van der Waals surface area (Å²) in [4.78, 5) is 35.3. The molecule has 0 aliphatic rings. The summed E-state index contributed by atoms with van der Waals surface area (Å²) in [6.07, 6.45) is 0.778. The standard InChI is InChI=1S/C20H21NO5/c22-16-11-9-14(10-12-16)13-17(20(25)26)21-19(24)8-4-7-18(23)15-5-2-1-3-6-15/h1-3,5-6,9-12,17,22H,4,7-8,13H2,(H,21,24)(H,25,26). The topological polar surface area (TPSA) is 104 Å². The van der Waals surface area contributed by atoms with Crippen molar-refractivity contribution in [2.45, 2.75) is 31.7 Å². The number of Topliss-reactive ketones (excluding diaryl/α,β-unsaturated/α-hetero) is 1. The van der Waals surface area contributed by atoms with Gasteiger partial charge in [0.1, 0.15) is 11.8 Å². The molecular weight excluding hydrogens is 334 g/mol. The highest BCUT2D eigenvalue weighted by atomic mass is 16.4. The quantitative estimate of drug-likeness (QED) is 0.600. The fraction of sp³-hybridized carbons (Fsp3) is 0.250. The van der Waals surface area contributed by atoms with Gasteiger partial charge in [-0.25, -0.2) is 4.79 Å². The van der Waals surface area contributed by atoms with Gasteiger partial charge < -0.3 is 15.5 Å². The van der Waals surface area contributed by atoms with Crippen LogP contribution in [0.3, 0.4) is 0 Å². The van der Waals surface area contributed by atoms with Crippen LogP contribution in [0.25, 0.3) is 0 Å². The lowest BCUT2D eigenvalue weighted by molar-refractivity contribution is -0.141. The Morgan fingerprint density at radius 1 is 0.923 bits per heavy atom. The van der Waals surface area contributed by atoms with Gasteiger partial charge in [-0.15, -0.1) is 0 Å². The zero-order valence-electron chi connectivity index (χ0n) is 14.2. The van der Waals surface area contributed by atoms with Crippen molar-refractivity contribution in [1.29, 1.82) is 0 Å². The molecule has 1 amide bonds. The van der Waals surface area contributed by atoms with Gasteiger partial charge in [-0.2, -0.15) is 0 Å². The average Bonchev–Trinajstić information content (AvgIpc) is 2.63. The smallest absolute Gasteiger partial charge is 0.326 e. The van der Waals surface area contributed by atoms with E-state index in [0.717, 1.165) is 0 Å². The minimum atomic E-state index is -1.13. The summed E-state index contributed by atoms with van der Waals surface area (Å²) in [5, 5.41) is 21.0. The Balaban J connectivity index is 1.81. The molecule has 0 spiro atoms. The minimum Gasteiger partial charge on any atom is -0.508 e. The lowest BCUT2D eigenvalue weighted by Crippen LogP contribution is -2.42. The Bertz CT molecular complexity index is 756. The van der Waals surface area contributed by atoms with Crippen molar-refractivity contribution in [3.8, 4) is 5.75 Å². The number of carbonyl (C=O) groups is 3. The van der Waals surface area contributed by atoms with Gasteiger partial charge in [0.2, 0.25) is 5.91 Å². The number of ketones is 1. The maximum atomic E-state index is 12.0. The number of aromatic hydroxyl groups is 1. The molecule has 1 unspecified atom stereocenters. The first-order chi connectivity index (χ1) is 12.5. The van der Waals surface area contributed by atoms with Crippen molar-refractivity contribution in [2.24, 2.45) is 0 Å². The van der Waals surface area contributed by atoms with Gasteiger partial charge >= 0.3 is 5.97 Å². The molecule has 3 N–H and O–H groups in total. The van der Waals surface area contributed by atoms with Gasteiger partial charge in [-0.05, 0) is 24.1 Å². The van der Waals surface area contributed by atoms with Crippen LogP contribution in [-0.4, -0.2) is 33.9 Å². The van der Waals surface area contributed by atoms with Gasteiger partial charge in [0.15, 0.2) is 5.78 Å². The van der Waals surface area contributed by atoms with E-state index in [-0.39, 0.29) is 30.8 Å². The second-order valence-corrected chi connectivity index (χ2v) is 5.97. The van der Waals surface area contributed by atoms with E-state index in [1.54, 1.807) is 36.4 Å². The third kappa shape index (κ3) is 6.05. The largest absolute Gasteiger partial charge is 0.508 e. The highest BCUT2D eigenvalue weighted by Gasteiger charge is 2.20. The summed E-state index contributed by atoms with van der Waals surface area (Å²) in [7, 11) is 0. The second-order valence-electron chi connectivity index (χ2n) is 5.97. The number of phenols is 1. The molecule has 6 nitrogen and oxygen atoms in total. The number of carboxylic acids is 1. The zero-order chi connectivity index (χ0) is 18.9. The van der Waals surface area contributed by atoms with Crippen molar-refractivity contribution >= 4 is 17.7 Å². The number of rotatable bonds is 9. The Labute approximate surface area is 151 Å². The molecule has 0 bridgehead atoms. The lowest BCUT2D eigenvalue weighted by Gasteiger charge is -2.14. The van der Waals surface area contributed by atoms with E-state index in [0.29, 0.717) is 17.5 Å². The third-order valence-corrected chi connectivity index (χ3v) is 3.91. The van der Waals surface area contributed by atoms with Gasteiger partial charge in [-0.3, -0.25) is 9.59 Å². The van der Waals surface area contributed by atoms with Crippen molar-refractivity contribution in [2.75, 3.05) is 0 Å². The van der Waals surface area contributed by atoms with Gasteiger partial charge in [0.25, 0.3) is 0 Å². The molecule has 2 aromatic rings. The number of carboxylic acid groups (broad SMARTS) is 1. The summed E-state index contributed by atoms with van der Waals surface area (Å²) >= 11 is 0. The summed E-state index contributed by atoms with van der Waals surface area (Å²) in [6.45, 7) is 0. The molecule has 6 heteroatoms. The van der Waals surface area contributed by atoms with E-state index >= 15 is 0 Å². The summed E-state index contributed by atoms with van der Waals surface area (Å²) in [6, 6.07) is 13.9. The molecule has 0 saturated carbocycles. The summed E-state index contributed by atoms with van der Waals surface area (Å²) in [5.74, 6) is -1.49. The number of phenolic OH excluding ortho intramolecular Hbond substituents is 1. The van der Waals surface area contributed by atoms with Crippen LogP contribution in [0, 0.1) is 0 Å². The summed E-state index contributed by atoms with van der Waals surface area (Å²) < 4.78 is 0. The zero-order valence-corrected chi connectivity index (χ0v) is 14.2. The first-order valence-corrected chi connectivity index (χ1v) is 8.34. The first kappa shape index (κ1) is 19.2. The van der Waals surface area contributed by atoms with E-state index in [4.69, 9.17) is 0 Å². The fourth-order valence-corrected chi connectivity index (χ4v) is 2.51. The maximum Gasteiger partial charge on any atom is 0.326 e. The van der Waals surface area contributed by atoms with Gasteiger partial charge in [0.05, 0.1) is 0 Å². The lowest BCUT2D eigenvalue weighted by atomic mass is 10.0. The van der Waals surface area contributed by atoms with Gasteiger partial charge in [0, 0.05) is 24.8 Å². The molecule has 0 saturated heterocycles. The molecule has 2 aromatic carbocycles. The Hall–Kier alpha value is -3.15.